The minimum atomic E-state index is -0.477. The Hall–Kier alpha value is -0.320. The number of amides is 1. The van der Waals surface area contributed by atoms with Crippen LogP contribution in [0.3, 0.4) is 0 Å². The summed E-state index contributed by atoms with van der Waals surface area (Å²) in [6.45, 7) is 0. The van der Waals surface area contributed by atoms with E-state index in [4.69, 9.17) is 23.2 Å². The van der Waals surface area contributed by atoms with Crippen molar-refractivity contribution in [2.45, 2.75) is 30.0 Å². The molecule has 5 atom stereocenters. The first kappa shape index (κ1) is 13.4. The Morgan fingerprint density at radius 3 is 2.45 bits per heavy atom. The van der Waals surface area contributed by atoms with Crippen LogP contribution in [-0.2, 0) is 4.79 Å². The Balaban J connectivity index is 1.38. The monoisotopic (exact) mass is 330 g/mol. The molecule has 0 aromatic carbocycles. The van der Waals surface area contributed by atoms with Crippen LogP contribution in [0.1, 0.15) is 25.7 Å². The van der Waals surface area contributed by atoms with E-state index in [2.05, 4.69) is 10.3 Å². The third-order valence-corrected chi connectivity index (χ3v) is 7.09. The first-order chi connectivity index (χ1) is 9.59. The second kappa shape index (κ2) is 4.59. The minimum absolute atomic E-state index is 0.147. The zero-order chi connectivity index (χ0) is 13.9. The summed E-state index contributed by atoms with van der Waals surface area (Å²) in [5, 5.41) is 5.52. The van der Waals surface area contributed by atoms with Crippen molar-refractivity contribution in [2.24, 2.45) is 29.6 Å². The maximum atomic E-state index is 12.3. The number of aromatic nitrogens is 1. The van der Waals surface area contributed by atoms with Gasteiger partial charge in [0.15, 0.2) is 5.13 Å². The zero-order valence-electron chi connectivity index (χ0n) is 10.9. The van der Waals surface area contributed by atoms with Crippen LogP contribution in [0, 0.1) is 29.6 Å². The highest BCUT2D eigenvalue weighted by Gasteiger charge is 2.65. The Labute approximate surface area is 132 Å². The van der Waals surface area contributed by atoms with Gasteiger partial charge >= 0.3 is 0 Å². The van der Waals surface area contributed by atoms with E-state index in [1.165, 1.54) is 11.3 Å². The molecule has 0 spiro atoms. The lowest BCUT2D eigenvalue weighted by molar-refractivity contribution is -0.117. The number of nitrogens with one attached hydrogen (secondary N) is 1. The fourth-order valence-electron chi connectivity index (χ4n) is 4.09. The number of hydrogen-bond acceptors (Lipinski definition) is 3. The average molecular weight is 331 g/mol. The van der Waals surface area contributed by atoms with Crippen molar-refractivity contribution in [3.8, 4) is 0 Å². The van der Waals surface area contributed by atoms with Gasteiger partial charge in [-0.15, -0.1) is 34.5 Å². The molecule has 1 heterocycles. The lowest BCUT2D eigenvalue weighted by Crippen LogP contribution is -2.15. The molecule has 1 aromatic heterocycles. The third kappa shape index (κ3) is 2.08. The summed E-state index contributed by atoms with van der Waals surface area (Å²) < 4.78 is -0.477. The number of rotatable bonds is 2. The Bertz CT molecular complexity index is 511. The van der Waals surface area contributed by atoms with Crippen LogP contribution in [0.25, 0.3) is 0 Å². The summed E-state index contributed by atoms with van der Waals surface area (Å²) in [5.74, 6) is 2.29. The predicted octanol–water partition coefficient (Wildman–Crippen LogP) is 3.94. The lowest BCUT2D eigenvalue weighted by Gasteiger charge is -2.03. The zero-order valence-corrected chi connectivity index (χ0v) is 13.2. The van der Waals surface area contributed by atoms with Gasteiger partial charge in [0, 0.05) is 17.5 Å². The number of nitrogens with zero attached hydrogens (tertiary/aromatic N) is 1. The van der Waals surface area contributed by atoms with Crippen LogP contribution < -0.4 is 5.32 Å². The predicted molar refractivity (Wildman–Crippen MR) is 81.1 cm³/mol. The van der Waals surface area contributed by atoms with Gasteiger partial charge in [0.25, 0.3) is 0 Å². The molecular weight excluding hydrogens is 315 g/mol. The molecule has 3 aliphatic rings. The fraction of sp³-hybridized carbons (Fsp3) is 0.714. The van der Waals surface area contributed by atoms with Gasteiger partial charge < -0.3 is 5.32 Å². The van der Waals surface area contributed by atoms with Crippen LogP contribution >= 0.6 is 34.5 Å². The van der Waals surface area contributed by atoms with E-state index in [1.807, 2.05) is 5.38 Å². The Morgan fingerprint density at radius 1 is 1.25 bits per heavy atom. The molecule has 3 saturated carbocycles. The molecule has 20 heavy (non-hydrogen) atoms. The number of hydrogen-bond donors (Lipinski definition) is 1. The first-order valence-electron chi connectivity index (χ1n) is 7.17. The Kier molecular flexibility index (Phi) is 3.06. The molecule has 0 aliphatic heterocycles. The van der Waals surface area contributed by atoms with Gasteiger partial charge in [-0.2, -0.15) is 0 Å². The first-order valence-corrected chi connectivity index (χ1v) is 8.80. The number of fused-ring (bicyclic) bond motifs is 2. The van der Waals surface area contributed by atoms with Crippen molar-refractivity contribution in [3.63, 3.8) is 0 Å². The molecular formula is C14H16Cl2N2OS. The lowest BCUT2D eigenvalue weighted by atomic mass is 10.0. The summed E-state index contributed by atoms with van der Waals surface area (Å²) in [4.78, 5) is 16.4. The normalized spacial score (nSPS) is 40.8. The fourth-order valence-corrected chi connectivity index (χ4v) is 5.54. The van der Waals surface area contributed by atoms with Crippen LogP contribution in [0.5, 0.6) is 0 Å². The van der Waals surface area contributed by atoms with Gasteiger partial charge in [-0.3, -0.25) is 4.79 Å². The summed E-state index contributed by atoms with van der Waals surface area (Å²) in [5.41, 5.74) is 0. The number of anilines is 1. The van der Waals surface area contributed by atoms with E-state index >= 15 is 0 Å². The summed E-state index contributed by atoms with van der Waals surface area (Å²) in [6, 6.07) is 0. The van der Waals surface area contributed by atoms with Crippen molar-refractivity contribution in [1.82, 2.24) is 4.98 Å². The second-order valence-electron chi connectivity index (χ2n) is 6.22. The van der Waals surface area contributed by atoms with Crippen molar-refractivity contribution < 1.29 is 4.79 Å². The van der Waals surface area contributed by atoms with Crippen molar-refractivity contribution in [3.05, 3.63) is 11.6 Å². The maximum absolute atomic E-state index is 12.3. The van der Waals surface area contributed by atoms with Crippen LogP contribution in [0.4, 0.5) is 5.13 Å². The number of carbonyl (C=O) groups is 1. The average Bonchev–Trinajstić information content (AvgIpc) is 3.04. The molecule has 3 nitrogen and oxygen atoms in total. The van der Waals surface area contributed by atoms with Crippen molar-refractivity contribution in [2.75, 3.05) is 5.32 Å². The molecule has 6 heteroatoms. The number of carbonyl (C=O) groups excluding carboxylic acids is 1. The Morgan fingerprint density at radius 2 is 1.90 bits per heavy atom. The van der Waals surface area contributed by atoms with E-state index in [0.29, 0.717) is 28.8 Å². The number of alkyl halides is 2. The van der Waals surface area contributed by atoms with Gasteiger partial charge in [-0.25, -0.2) is 4.98 Å². The molecule has 3 aliphatic carbocycles. The van der Waals surface area contributed by atoms with Crippen LogP contribution in [0.2, 0.25) is 0 Å². The third-order valence-electron chi connectivity index (χ3n) is 5.28. The van der Waals surface area contributed by atoms with Crippen molar-refractivity contribution in [1.29, 1.82) is 0 Å². The van der Waals surface area contributed by atoms with E-state index in [-0.39, 0.29) is 11.8 Å². The van der Waals surface area contributed by atoms with Crippen molar-refractivity contribution >= 4 is 45.6 Å². The highest BCUT2D eigenvalue weighted by molar-refractivity contribution is 7.13. The van der Waals surface area contributed by atoms with Gasteiger partial charge in [0.05, 0.1) is 0 Å². The van der Waals surface area contributed by atoms with Gasteiger partial charge in [-0.1, -0.05) is 0 Å². The van der Waals surface area contributed by atoms with Gasteiger partial charge in [-0.05, 0) is 49.4 Å². The number of thiazole rings is 1. The number of halogens is 2. The largest absolute Gasteiger partial charge is 0.302 e. The molecule has 3 fully saturated rings. The second-order valence-corrected chi connectivity index (χ2v) is 8.56. The summed E-state index contributed by atoms with van der Waals surface area (Å²) in [6.07, 6.45) is 6.02. The minimum Gasteiger partial charge on any atom is -0.302 e. The molecule has 4 rings (SSSR count). The molecule has 0 bridgehead atoms. The smallest absolute Gasteiger partial charge is 0.229 e. The molecule has 0 saturated heterocycles. The maximum Gasteiger partial charge on any atom is 0.229 e. The topological polar surface area (TPSA) is 42.0 Å². The van der Waals surface area contributed by atoms with Gasteiger partial charge in [0.1, 0.15) is 4.33 Å². The molecule has 1 amide bonds. The van der Waals surface area contributed by atoms with E-state index in [9.17, 15) is 4.79 Å². The molecule has 1 N–H and O–H groups in total. The summed E-state index contributed by atoms with van der Waals surface area (Å²) >= 11 is 14.1. The van der Waals surface area contributed by atoms with E-state index in [0.717, 1.165) is 25.7 Å². The standard InChI is InChI=1S/C14H16Cl2N2OS/c15-14(16)9-3-1-7-8(2-4-10(9)14)11(7)12(19)18-13-17-5-6-20-13/h5-11H,1-4H2,(H,17,18,19)/t7-,8+,9-,10+,11?. The SMILES string of the molecule is O=C(Nc1nccs1)C1[C@H]2CC[C@H]3[C@@H](CC[C@@H]12)C3(Cl)Cl. The van der Waals surface area contributed by atoms with E-state index < -0.39 is 4.33 Å². The summed E-state index contributed by atoms with van der Waals surface area (Å²) in [7, 11) is 0. The van der Waals surface area contributed by atoms with E-state index in [1.54, 1.807) is 6.20 Å². The van der Waals surface area contributed by atoms with Crippen LogP contribution in [0.15, 0.2) is 11.6 Å². The van der Waals surface area contributed by atoms with Gasteiger partial charge in [0.2, 0.25) is 5.91 Å². The van der Waals surface area contributed by atoms with Crippen LogP contribution in [-0.4, -0.2) is 15.2 Å². The molecule has 108 valence electrons. The molecule has 0 radical (unpaired) electrons. The quantitative estimate of drug-likeness (QED) is 0.834. The highest BCUT2D eigenvalue weighted by atomic mass is 35.5. The molecule has 1 unspecified atom stereocenters. The molecule has 1 aromatic rings. The highest BCUT2D eigenvalue weighted by Crippen LogP contribution is 2.67.